The summed E-state index contributed by atoms with van der Waals surface area (Å²) in [7, 11) is 0. The first-order valence-corrected chi connectivity index (χ1v) is 11.5. The summed E-state index contributed by atoms with van der Waals surface area (Å²) in [4.78, 5) is 22.2. The first-order chi connectivity index (χ1) is 18.2. The van der Waals surface area contributed by atoms with Crippen molar-refractivity contribution in [3.8, 4) is 11.1 Å². The second-order valence-electron chi connectivity index (χ2n) is 8.54. The smallest absolute Gasteiger partial charge is 0.382 e. The van der Waals surface area contributed by atoms with Crippen molar-refractivity contribution in [1.29, 1.82) is 0 Å². The van der Waals surface area contributed by atoms with Gasteiger partial charge >= 0.3 is 12.2 Å². The Morgan fingerprint density at radius 2 is 1.84 bits per heavy atom. The monoisotopic (exact) mass is 530 g/mol. The Bertz CT molecular complexity index is 1480. The highest BCUT2D eigenvalue weighted by Gasteiger charge is 2.31. The van der Waals surface area contributed by atoms with Crippen LogP contribution < -0.4 is 16.4 Å². The lowest BCUT2D eigenvalue weighted by molar-refractivity contribution is -0.137. The van der Waals surface area contributed by atoms with E-state index in [0.29, 0.717) is 36.9 Å². The van der Waals surface area contributed by atoms with E-state index in [4.69, 9.17) is 10.5 Å². The van der Waals surface area contributed by atoms with Crippen LogP contribution in [-0.2, 0) is 17.5 Å². The molecule has 0 unspecified atom stereocenters. The van der Waals surface area contributed by atoms with Gasteiger partial charge in [0.1, 0.15) is 23.5 Å². The number of aromatic nitrogens is 4. The normalized spacial score (nSPS) is 14.5. The van der Waals surface area contributed by atoms with Gasteiger partial charge in [-0.05, 0) is 36.4 Å². The highest BCUT2D eigenvalue weighted by molar-refractivity contribution is 5.99. The van der Waals surface area contributed by atoms with Gasteiger partial charge in [0.15, 0.2) is 5.82 Å². The van der Waals surface area contributed by atoms with Crippen molar-refractivity contribution in [2.75, 3.05) is 42.7 Å². The summed E-state index contributed by atoms with van der Waals surface area (Å²) in [5, 5.41) is 8.91. The Hall–Kier alpha value is -4.30. The highest BCUT2D eigenvalue weighted by Crippen LogP contribution is 2.34. The van der Waals surface area contributed by atoms with Crippen molar-refractivity contribution < 1.29 is 27.1 Å². The third kappa shape index (κ3) is 5.35. The van der Waals surface area contributed by atoms with Crippen molar-refractivity contribution in [2.45, 2.75) is 12.7 Å². The number of fused-ring (bicyclic) bond motifs is 1. The molecule has 1 fully saturated rings. The third-order valence-corrected chi connectivity index (χ3v) is 5.99. The number of urea groups is 1. The maximum absolute atomic E-state index is 15.3. The van der Waals surface area contributed by atoms with E-state index in [-0.39, 0.29) is 22.9 Å². The number of ether oxygens (including phenoxy) is 1. The molecule has 10 nitrogen and oxygen atoms in total. The minimum Gasteiger partial charge on any atom is -0.382 e. The van der Waals surface area contributed by atoms with Crippen LogP contribution >= 0.6 is 0 Å². The molecule has 1 aromatic carbocycles. The molecule has 4 N–H and O–H groups in total. The van der Waals surface area contributed by atoms with E-state index in [0.717, 1.165) is 37.1 Å². The van der Waals surface area contributed by atoms with Crippen LogP contribution in [-0.4, -0.2) is 56.8 Å². The lowest BCUT2D eigenvalue weighted by Gasteiger charge is -2.26. The average molecular weight is 530 g/mol. The maximum atomic E-state index is 15.3. The van der Waals surface area contributed by atoms with Crippen LogP contribution in [0.2, 0.25) is 0 Å². The number of rotatable bonds is 5. The molecule has 0 spiro atoms. The van der Waals surface area contributed by atoms with Gasteiger partial charge in [0, 0.05) is 42.6 Å². The van der Waals surface area contributed by atoms with Gasteiger partial charge in [-0.15, -0.1) is 0 Å². The molecule has 0 bridgehead atoms. The Kier molecular flexibility index (Phi) is 6.82. The summed E-state index contributed by atoms with van der Waals surface area (Å²) in [5.74, 6) is -0.788. The number of alkyl halides is 3. The molecule has 4 aromatic rings. The SMILES string of the molecule is Nc1ncnn2c(CN3CCOCC3)cc(-c3ccc(NC(=O)Nc4cc(C(F)(F)F)ccn4)cc3F)c12. The van der Waals surface area contributed by atoms with Crippen LogP contribution in [0, 0.1) is 5.82 Å². The number of nitrogens with one attached hydrogen (secondary N) is 2. The van der Waals surface area contributed by atoms with E-state index < -0.39 is 23.6 Å². The molecule has 4 heterocycles. The van der Waals surface area contributed by atoms with Crippen LogP contribution in [0.1, 0.15) is 11.3 Å². The first-order valence-electron chi connectivity index (χ1n) is 11.5. The molecular formula is C24H22F4N8O2. The maximum Gasteiger partial charge on any atom is 0.416 e. The van der Waals surface area contributed by atoms with Crippen molar-refractivity contribution in [3.05, 3.63) is 66.0 Å². The van der Waals surface area contributed by atoms with Gasteiger partial charge in [0.25, 0.3) is 0 Å². The van der Waals surface area contributed by atoms with E-state index in [9.17, 15) is 18.0 Å². The summed E-state index contributed by atoms with van der Waals surface area (Å²) < 4.78 is 61.0. The third-order valence-electron chi connectivity index (χ3n) is 5.99. The van der Waals surface area contributed by atoms with E-state index in [2.05, 4.69) is 30.6 Å². The topological polar surface area (TPSA) is 123 Å². The van der Waals surface area contributed by atoms with Crippen LogP contribution in [0.25, 0.3) is 16.6 Å². The number of benzene rings is 1. The number of morpholine rings is 1. The predicted octanol–water partition coefficient (Wildman–Crippen LogP) is 4.01. The molecule has 0 radical (unpaired) electrons. The summed E-state index contributed by atoms with van der Waals surface area (Å²) in [5.41, 5.74) is 7.18. The molecule has 38 heavy (non-hydrogen) atoms. The molecular weight excluding hydrogens is 508 g/mol. The van der Waals surface area contributed by atoms with Gasteiger partial charge in [0.05, 0.1) is 24.5 Å². The minimum atomic E-state index is -4.59. The van der Waals surface area contributed by atoms with E-state index >= 15 is 4.39 Å². The van der Waals surface area contributed by atoms with E-state index in [1.54, 1.807) is 10.6 Å². The summed E-state index contributed by atoms with van der Waals surface area (Å²) in [6, 6.07) is 6.42. The molecule has 1 saturated heterocycles. The fourth-order valence-electron chi connectivity index (χ4n) is 4.20. The number of hydrogen-bond acceptors (Lipinski definition) is 7. The zero-order valence-corrected chi connectivity index (χ0v) is 19.8. The lowest BCUT2D eigenvalue weighted by Crippen LogP contribution is -2.36. The highest BCUT2D eigenvalue weighted by atomic mass is 19.4. The zero-order valence-electron chi connectivity index (χ0n) is 19.8. The number of halogens is 4. The number of hydrogen-bond donors (Lipinski definition) is 3. The van der Waals surface area contributed by atoms with Gasteiger partial charge < -0.3 is 15.8 Å². The second kappa shape index (κ2) is 10.2. The Morgan fingerprint density at radius 1 is 1.05 bits per heavy atom. The number of nitrogens with zero attached hydrogens (tertiary/aromatic N) is 5. The summed E-state index contributed by atoms with van der Waals surface area (Å²) in [6.07, 6.45) is -2.33. The van der Waals surface area contributed by atoms with Crippen LogP contribution in [0.3, 0.4) is 0 Å². The molecule has 0 aliphatic carbocycles. The zero-order chi connectivity index (χ0) is 26.9. The molecule has 5 rings (SSSR count). The van der Waals surface area contributed by atoms with Crippen LogP contribution in [0.4, 0.5) is 39.7 Å². The lowest BCUT2D eigenvalue weighted by atomic mass is 10.1. The largest absolute Gasteiger partial charge is 0.416 e. The molecule has 1 aliphatic heterocycles. The molecule has 0 saturated carbocycles. The Balaban J connectivity index is 1.37. The van der Waals surface area contributed by atoms with Gasteiger partial charge in [-0.2, -0.15) is 18.3 Å². The van der Waals surface area contributed by atoms with Crippen molar-refractivity contribution >= 4 is 28.9 Å². The number of anilines is 3. The Morgan fingerprint density at radius 3 is 2.58 bits per heavy atom. The molecule has 0 atom stereocenters. The molecule has 14 heteroatoms. The number of carbonyl (C=O) groups is 1. The fraction of sp³-hybridized carbons (Fsp3) is 0.250. The van der Waals surface area contributed by atoms with E-state index in [1.165, 1.54) is 18.5 Å². The number of amides is 2. The second-order valence-corrected chi connectivity index (χ2v) is 8.54. The molecule has 1 aliphatic rings. The predicted molar refractivity (Wildman–Crippen MR) is 131 cm³/mol. The average Bonchev–Trinajstić information content (AvgIpc) is 3.23. The molecule has 2 amide bonds. The fourth-order valence-corrected chi connectivity index (χ4v) is 4.20. The van der Waals surface area contributed by atoms with Gasteiger partial charge in [0.2, 0.25) is 0 Å². The van der Waals surface area contributed by atoms with Crippen molar-refractivity contribution in [1.82, 2.24) is 24.5 Å². The molecule has 3 aromatic heterocycles. The van der Waals surface area contributed by atoms with Gasteiger partial charge in [-0.3, -0.25) is 10.2 Å². The number of carbonyl (C=O) groups excluding carboxylic acids is 1. The summed E-state index contributed by atoms with van der Waals surface area (Å²) >= 11 is 0. The van der Waals surface area contributed by atoms with Gasteiger partial charge in [-0.25, -0.2) is 23.7 Å². The standard InChI is InChI=1S/C24H22F4N8O2/c25-19-10-15(33-23(37)34-20-9-14(3-4-30-20)24(26,27)28)1-2-17(19)18-11-16(12-35-5-7-38-8-6-35)36-21(18)22(29)31-13-32-36/h1-4,9-11,13H,5-8,12H2,(H2,29,31,32)(H2,30,33,34,37). The molecule has 198 valence electrons. The minimum absolute atomic E-state index is 0.0806. The summed E-state index contributed by atoms with van der Waals surface area (Å²) in [6.45, 7) is 3.28. The number of pyridine rings is 1. The van der Waals surface area contributed by atoms with Gasteiger partial charge in [-0.1, -0.05) is 0 Å². The van der Waals surface area contributed by atoms with Crippen molar-refractivity contribution in [3.63, 3.8) is 0 Å². The quantitative estimate of drug-likeness (QED) is 0.333. The number of nitrogens with two attached hydrogens (primary N) is 1. The number of nitrogen functional groups attached to an aromatic ring is 1. The van der Waals surface area contributed by atoms with Crippen LogP contribution in [0.5, 0.6) is 0 Å². The van der Waals surface area contributed by atoms with E-state index in [1.807, 2.05) is 0 Å². The Labute approximate surface area is 213 Å². The first kappa shape index (κ1) is 25.4. The van der Waals surface area contributed by atoms with Crippen molar-refractivity contribution in [2.24, 2.45) is 0 Å². The van der Waals surface area contributed by atoms with Crippen LogP contribution in [0.15, 0.2) is 48.9 Å².